The molecule has 1 heterocycles. The fourth-order valence-electron chi connectivity index (χ4n) is 1.27. The topological polar surface area (TPSA) is 101 Å². The number of amides is 2. The molecule has 1 aromatic rings. The van der Waals surface area contributed by atoms with Crippen LogP contribution in [0.5, 0.6) is 0 Å². The summed E-state index contributed by atoms with van der Waals surface area (Å²) in [6, 6.07) is 0. The van der Waals surface area contributed by atoms with Gasteiger partial charge in [0.15, 0.2) is 0 Å². The van der Waals surface area contributed by atoms with Crippen LogP contribution in [-0.2, 0) is 16.0 Å². The molecular formula is C10H16N4O2. The molecule has 0 bridgehead atoms. The SMILES string of the molecule is NC(=O)CCCC(=O)NCCc1cnc[nH]1. The molecule has 0 saturated heterocycles. The minimum atomic E-state index is -0.370. The van der Waals surface area contributed by atoms with E-state index in [0.717, 1.165) is 12.1 Å². The van der Waals surface area contributed by atoms with Crippen molar-refractivity contribution in [1.29, 1.82) is 0 Å². The van der Waals surface area contributed by atoms with Gasteiger partial charge in [-0.1, -0.05) is 0 Å². The van der Waals surface area contributed by atoms with Gasteiger partial charge in [-0.2, -0.15) is 0 Å². The van der Waals surface area contributed by atoms with Crippen LogP contribution in [0.4, 0.5) is 0 Å². The number of nitrogens with zero attached hydrogens (tertiary/aromatic N) is 1. The lowest BCUT2D eigenvalue weighted by atomic mass is 10.2. The first-order valence-corrected chi connectivity index (χ1v) is 5.20. The Morgan fingerprint density at radius 3 is 2.88 bits per heavy atom. The molecule has 0 aliphatic carbocycles. The molecule has 88 valence electrons. The molecule has 0 saturated carbocycles. The maximum Gasteiger partial charge on any atom is 0.220 e. The second kappa shape index (κ2) is 6.60. The second-order valence-corrected chi connectivity index (χ2v) is 3.50. The minimum Gasteiger partial charge on any atom is -0.370 e. The number of hydrogen-bond acceptors (Lipinski definition) is 3. The number of aromatic amines is 1. The van der Waals surface area contributed by atoms with Gasteiger partial charge in [0.2, 0.25) is 11.8 Å². The van der Waals surface area contributed by atoms with Gasteiger partial charge < -0.3 is 16.0 Å². The Morgan fingerprint density at radius 2 is 2.25 bits per heavy atom. The lowest BCUT2D eigenvalue weighted by molar-refractivity contribution is -0.121. The molecule has 0 aliphatic heterocycles. The number of nitrogens with one attached hydrogen (secondary N) is 2. The summed E-state index contributed by atoms with van der Waals surface area (Å²) in [6.07, 6.45) is 5.15. The molecule has 2 amide bonds. The molecule has 4 N–H and O–H groups in total. The smallest absolute Gasteiger partial charge is 0.220 e. The largest absolute Gasteiger partial charge is 0.370 e. The fraction of sp³-hybridized carbons (Fsp3) is 0.500. The van der Waals surface area contributed by atoms with Crippen LogP contribution in [-0.4, -0.2) is 28.3 Å². The van der Waals surface area contributed by atoms with Crippen molar-refractivity contribution >= 4 is 11.8 Å². The van der Waals surface area contributed by atoms with Gasteiger partial charge >= 0.3 is 0 Å². The molecule has 0 aliphatic rings. The molecule has 16 heavy (non-hydrogen) atoms. The lowest BCUT2D eigenvalue weighted by Gasteiger charge is -2.03. The van der Waals surface area contributed by atoms with Crippen LogP contribution in [0, 0.1) is 0 Å². The van der Waals surface area contributed by atoms with Crippen LogP contribution in [0.25, 0.3) is 0 Å². The molecule has 0 unspecified atom stereocenters. The Morgan fingerprint density at radius 1 is 1.44 bits per heavy atom. The molecule has 0 aromatic carbocycles. The standard InChI is InChI=1S/C10H16N4O2/c11-9(15)2-1-3-10(16)13-5-4-8-6-12-7-14-8/h6-7H,1-5H2,(H2,11,15)(H,12,14)(H,13,16). The number of primary amides is 1. The van der Waals surface area contributed by atoms with Crippen LogP contribution in [0.2, 0.25) is 0 Å². The van der Waals surface area contributed by atoms with E-state index in [-0.39, 0.29) is 18.2 Å². The summed E-state index contributed by atoms with van der Waals surface area (Å²) >= 11 is 0. The molecule has 6 nitrogen and oxygen atoms in total. The van der Waals surface area contributed by atoms with E-state index in [9.17, 15) is 9.59 Å². The third-order valence-corrected chi connectivity index (χ3v) is 2.10. The van der Waals surface area contributed by atoms with Gasteiger partial charge in [0.1, 0.15) is 0 Å². The number of rotatable bonds is 7. The summed E-state index contributed by atoms with van der Waals surface area (Å²) in [5.74, 6) is -0.425. The fourth-order valence-corrected chi connectivity index (χ4v) is 1.27. The number of aromatic nitrogens is 2. The first-order valence-electron chi connectivity index (χ1n) is 5.20. The number of carbonyl (C=O) groups is 2. The highest BCUT2D eigenvalue weighted by molar-refractivity contribution is 5.77. The first-order chi connectivity index (χ1) is 7.68. The summed E-state index contributed by atoms with van der Waals surface area (Å²) in [7, 11) is 0. The summed E-state index contributed by atoms with van der Waals surface area (Å²) in [5, 5.41) is 2.76. The van der Waals surface area contributed by atoms with Gasteiger partial charge in [-0.05, 0) is 6.42 Å². The van der Waals surface area contributed by atoms with Crippen molar-refractivity contribution in [2.75, 3.05) is 6.54 Å². The Hall–Kier alpha value is -1.85. The van der Waals surface area contributed by atoms with Crippen LogP contribution >= 0.6 is 0 Å². The Balaban J connectivity index is 2.04. The van der Waals surface area contributed by atoms with Gasteiger partial charge in [-0.3, -0.25) is 9.59 Å². The van der Waals surface area contributed by atoms with Crippen LogP contribution < -0.4 is 11.1 Å². The zero-order valence-corrected chi connectivity index (χ0v) is 9.03. The summed E-state index contributed by atoms with van der Waals surface area (Å²) in [5.41, 5.74) is 5.94. The van der Waals surface area contributed by atoms with E-state index < -0.39 is 0 Å². The number of hydrogen-bond donors (Lipinski definition) is 3. The normalized spacial score (nSPS) is 10.0. The van der Waals surface area contributed by atoms with Gasteiger partial charge in [0, 0.05) is 37.7 Å². The Labute approximate surface area is 93.6 Å². The van der Waals surface area contributed by atoms with Crippen molar-refractivity contribution in [3.8, 4) is 0 Å². The monoisotopic (exact) mass is 224 g/mol. The van der Waals surface area contributed by atoms with E-state index in [0.29, 0.717) is 19.4 Å². The average molecular weight is 224 g/mol. The summed E-state index contributed by atoms with van der Waals surface area (Å²) in [4.78, 5) is 28.5. The second-order valence-electron chi connectivity index (χ2n) is 3.50. The lowest BCUT2D eigenvalue weighted by Crippen LogP contribution is -2.25. The number of H-pyrrole nitrogens is 1. The molecule has 1 rings (SSSR count). The summed E-state index contributed by atoms with van der Waals surface area (Å²) < 4.78 is 0. The number of nitrogens with two attached hydrogens (primary N) is 1. The molecule has 6 heteroatoms. The third-order valence-electron chi connectivity index (χ3n) is 2.10. The maximum absolute atomic E-state index is 11.3. The summed E-state index contributed by atoms with van der Waals surface area (Å²) in [6.45, 7) is 0.567. The molecule has 0 radical (unpaired) electrons. The third kappa shape index (κ3) is 5.14. The molecule has 1 aromatic heterocycles. The predicted octanol–water partition coefficient (Wildman–Crippen LogP) is -0.276. The van der Waals surface area contributed by atoms with E-state index in [1.54, 1.807) is 12.5 Å². The highest BCUT2D eigenvalue weighted by Gasteiger charge is 2.02. The Bertz CT molecular complexity index is 335. The van der Waals surface area contributed by atoms with Crippen molar-refractivity contribution in [1.82, 2.24) is 15.3 Å². The molecule has 0 atom stereocenters. The highest BCUT2D eigenvalue weighted by Crippen LogP contribution is 1.95. The molecule has 0 spiro atoms. The van der Waals surface area contributed by atoms with E-state index in [2.05, 4.69) is 15.3 Å². The van der Waals surface area contributed by atoms with Crippen molar-refractivity contribution < 1.29 is 9.59 Å². The molecule has 0 fully saturated rings. The van der Waals surface area contributed by atoms with Crippen LogP contribution in [0.1, 0.15) is 25.0 Å². The number of imidazole rings is 1. The van der Waals surface area contributed by atoms with Crippen molar-refractivity contribution in [3.05, 3.63) is 18.2 Å². The first kappa shape index (κ1) is 12.2. The van der Waals surface area contributed by atoms with Crippen molar-refractivity contribution in [2.45, 2.75) is 25.7 Å². The molecular weight excluding hydrogens is 208 g/mol. The Kier molecular flexibility index (Phi) is 5.04. The zero-order valence-electron chi connectivity index (χ0n) is 9.03. The van der Waals surface area contributed by atoms with Gasteiger partial charge in [0.05, 0.1) is 6.33 Å². The van der Waals surface area contributed by atoms with Crippen molar-refractivity contribution in [2.24, 2.45) is 5.73 Å². The van der Waals surface area contributed by atoms with Crippen molar-refractivity contribution in [3.63, 3.8) is 0 Å². The quantitative estimate of drug-likeness (QED) is 0.594. The van der Waals surface area contributed by atoms with Crippen LogP contribution in [0.3, 0.4) is 0 Å². The minimum absolute atomic E-state index is 0.0548. The highest BCUT2D eigenvalue weighted by atomic mass is 16.2. The van der Waals surface area contributed by atoms with E-state index in [1.165, 1.54) is 0 Å². The van der Waals surface area contributed by atoms with Gasteiger partial charge in [-0.15, -0.1) is 0 Å². The van der Waals surface area contributed by atoms with E-state index in [4.69, 9.17) is 5.73 Å². The zero-order chi connectivity index (χ0) is 11.8. The van der Waals surface area contributed by atoms with E-state index in [1.807, 2.05) is 0 Å². The van der Waals surface area contributed by atoms with Gasteiger partial charge in [-0.25, -0.2) is 4.98 Å². The predicted molar refractivity (Wildman–Crippen MR) is 58.3 cm³/mol. The van der Waals surface area contributed by atoms with Crippen LogP contribution in [0.15, 0.2) is 12.5 Å². The average Bonchev–Trinajstić information content (AvgIpc) is 2.70. The van der Waals surface area contributed by atoms with Gasteiger partial charge in [0.25, 0.3) is 0 Å². The van der Waals surface area contributed by atoms with E-state index >= 15 is 0 Å². The maximum atomic E-state index is 11.3. The number of carbonyl (C=O) groups excluding carboxylic acids is 2.